The summed E-state index contributed by atoms with van der Waals surface area (Å²) in [5, 5.41) is 9.99. The number of ketones is 1. The monoisotopic (exact) mass is 220 g/mol. The lowest BCUT2D eigenvalue weighted by Crippen LogP contribution is -2.50. The third-order valence-electron chi connectivity index (χ3n) is 2.48. The summed E-state index contributed by atoms with van der Waals surface area (Å²) in [5.41, 5.74) is -1.43. The molecule has 0 fully saturated rings. The quantitative estimate of drug-likeness (QED) is 0.578. The Kier molecular flexibility index (Phi) is 3.92. The van der Waals surface area contributed by atoms with Crippen LogP contribution in [0, 0.1) is 11.8 Å². The number of carbonyl (C=O) groups is 1. The molecule has 1 atom stereocenters. The minimum atomic E-state index is -1.74. The van der Waals surface area contributed by atoms with Gasteiger partial charge in [0.15, 0.2) is 5.76 Å². The first-order chi connectivity index (χ1) is 7.61. The van der Waals surface area contributed by atoms with Crippen molar-refractivity contribution < 1.29 is 14.6 Å². The van der Waals surface area contributed by atoms with E-state index >= 15 is 0 Å². The van der Waals surface area contributed by atoms with Gasteiger partial charge in [-0.3, -0.25) is 4.79 Å². The summed E-state index contributed by atoms with van der Waals surface area (Å²) in [7, 11) is 1.41. The first kappa shape index (κ1) is 12.5. The van der Waals surface area contributed by atoms with Crippen LogP contribution in [0.4, 0.5) is 0 Å². The lowest BCUT2D eigenvalue weighted by molar-refractivity contribution is -0.132. The molecular weight excluding hydrogens is 204 g/mol. The van der Waals surface area contributed by atoms with Crippen molar-refractivity contribution in [3.63, 3.8) is 0 Å². The zero-order chi connectivity index (χ0) is 12.2. The van der Waals surface area contributed by atoms with Crippen molar-refractivity contribution in [3.8, 4) is 11.8 Å². The van der Waals surface area contributed by atoms with Gasteiger partial charge in [-0.15, -0.1) is 0 Å². The number of allylic oxidation sites excluding steroid dienone is 1. The number of hydrogen-bond acceptors (Lipinski definition) is 3. The maximum absolute atomic E-state index is 11.6. The van der Waals surface area contributed by atoms with Gasteiger partial charge < -0.3 is 9.84 Å². The van der Waals surface area contributed by atoms with Crippen LogP contribution >= 0.6 is 0 Å². The number of ether oxygens (including phenoxy) is 1. The van der Waals surface area contributed by atoms with Gasteiger partial charge in [-0.05, 0) is 6.42 Å². The molecular formula is C13H16O3. The molecule has 0 bridgehead atoms. The standard InChI is InChI=1S/C13H16O3/c1-4-6-7-8-9-13(15)11(14)10(5-2)12(13)16-3/h5,15H,2,4,6-7H2,1,3H3. The first-order valence-corrected chi connectivity index (χ1v) is 5.30. The minimum absolute atomic E-state index is 0.205. The second-order valence-electron chi connectivity index (χ2n) is 3.60. The molecule has 1 aliphatic carbocycles. The highest BCUT2D eigenvalue weighted by Crippen LogP contribution is 2.35. The molecule has 1 N–H and O–H groups in total. The van der Waals surface area contributed by atoms with Crippen molar-refractivity contribution in [2.24, 2.45) is 0 Å². The Labute approximate surface area is 95.8 Å². The highest BCUT2D eigenvalue weighted by atomic mass is 16.5. The Balaban J connectivity index is 2.87. The maximum atomic E-state index is 11.6. The van der Waals surface area contributed by atoms with Gasteiger partial charge in [0.2, 0.25) is 11.4 Å². The molecule has 3 nitrogen and oxygen atoms in total. The number of Topliss-reactive ketones (excluding diaryl/α,β-unsaturated/α-hetero) is 1. The summed E-state index contributed by atoms with van der Waals surface area (Å²) < 4.78 is 4.97. The largest absolute Gasteiger partial charge is 0.496 e. The smallest absolute Gasteiger partial charge is 0.248 e. The Hall–Kier alpha value is -1.53. The van der Waals surface area contributed by atoms with Crippen LogP contribution in [-0.4, -0.2) is 23.6 Å². The van der Waals surface area contributed by atoms with Gasteiger partial charge >= 0.3 is 0 Å². The van der Waals surface area contributed by atoms with E-state index in [9.17, 15) is 9.90 Å². The van der Waals surface area contributed by atoms with Crippen molar-refractivity contribution in [2.45, 2.75) is 31.8 Å². The molecule has 0 aromatic carbocycles. The molecule has 0 aromatic heterocycles. The molecule has 0 saturated carbocycles. The van der Waals surface area contributed by atoms with Crippen molar-refractivity contribution in [3.05, 3.63) is 24.0 Å². The van der Waals surface area contributed by atoms with Gasteiger partial charge in [0.25, 0.3) is 0 Å². The number of carbonyl (C=O) groups excluding carboxylic acids is 1. The molecule has 1 aliphatic rings. The van der Waals surface area contributed by atoms with E-state index in [-0.39, 0.29) is 5.76 Å². The van der Waals surface area contributed by atoms with E-state index in [0.717, 1.165) is 12.8 Å². The molecule has 1 rings (SSSR count). The van der Waals surface area contributed by atoms with Crippen LogP contribution in [0.3, 0.4) is 0 Å². The Morgan fingerprint density at radius 3 is 2.81 bits per heavy atom. The van der Waals surface area contributed by atoms with Crippen molar-refractivity contribution >= 4 is 5.78 Å². The van der Waals surface area contributed by atoms with Gasteiger partial charge in [-0.1, -0.05) is 37.8 Å². The summed E-state index contributed by atoms with van der Waals surface area (Å²) in [6.45, 7) is 5.55. The van der Waals surface area contributed by atoms with Crippen LogP contribution in [0.25, 0.3) is 0 Å². The van der Waals surface area contributed by atoms with Crippen LogP contribution in [0.1, 0.15) is 26.2 Å². The van der Waals surface area contributed by atoms with E-state index in [4.69, 9.17) is 4.74 Å². The molecule has 0 radical (unpaired) electrons. The van der Waals surface area contributed by atoms with Gasteiger partial charge in [-0.2, -0.15) is 0 Å². The third-order valence-corrected chi connectivity index (χ3v) is 2.48. The summed E-state index contributed by atoms with van der Waals surface area (Å²) >= 11 is 0. The third kappa shape index (κ3) is 1.89. The Bertz CT molecular complexity index is 395. The maximum Gasteiger partial charge on any atom is 0.248 e. The fourth-order valence-corrected chi connectivity index (χ4v) is 1.55. The zero-order valence-corrected chi connectivity index (χ0v) is 9.67. The lowest BCUT2D eigenvalue weighted by atomic mass is 9.78. The minimum Gasteiger partial charge on any atom is -0.496 e. The molecule has 0 spiro atoms. The Morgan fingerprint density at radius 1 is 1.62 bits per heavy atom. The average molecular weight is 220 g/mol. The van der Waals surface area contributed by atoms with E-state index in [2.05, 4.69) is 25.3 Å². The summed E-state index contributed by atoms with van der Waals surface area (Å²) in [4.78, 5) is 11.6. The Morgan fingerprint density at radius 2 is 2.31 bits per heavy atom. The van der Waals surface area contributed by atoms with Crippen LogP contribution in [0.5, 0.6) is 0 Å². The molecule has 3 heteroatoms. The van der Waals surface area contributed by atoms with Crippen LogP contribution in [-0.2, 0) is 9.53 Å². The predicted molar refractivity (Wildman–Crippen MR) is 61.5 cm³/mol. The highest BCUT2D eigenvalue weighted by molar-refractivity contribution is 6.15. The molecule has 16 heavy (non-hydrogen) atoms. The molecule has 0 aliphatic heterocycles. The fourth-order valence-electron chi connectivity index (χ4n) is 1.55. The van der Waals surface area contributed by atoms with E-state index in [0.29, 0.717) is 12.0 Å². The van der Waals surface area contributed by atoms with E-state index in [1.807, 2.05) is 0 Å². The number of rotatable bonds is 4. The second-order valence-corrected chi connectivity index (χ2v) is 3.60. The van der Waals surface area contributed by atoms with Crippen molar-refractivity contribution in [1.29, 1.82) is 0 Å². The van der Waals surface area contributed by atoms with E-state index in [1.54, 1.807) is 0 Å². The predicted octanol–water partition coefficient (Wildman–Crippen LogP) is 1.58. The van der Waals surface area contributed by atoms with Crippen LogP contribution in [0.2, 0.25) is 0 Å². The SMILES string of the molecule is C=CC1=C(OC)C(O)(C#CCCCC)C1=O. The van der Waals surface area contributed by atoms with Crippen LogP contribution in [0.15, 0.2) is 24.0 Å². The first-order valence-electron chi connectivity index (χ1n) is 5.30. The summed E-state index contributed by atoms with van der Waals surface area (Å²) in [6.07, 6.45) is 4.04. The number of aliphatic hydroxyl groups is 1. The molecule has 86 valence electrons. The zero-order valence-electron chi connectivity index (χ0n) is 9.67. The van der Waals surface area contributed by atoms with Crippen LogP contribution < -0.4 is 0 Å². The summed E-state index contributed by atoms with van der Waals surface area (Å²) in [6, 6.07) is 0. The fraction of sp³-hybridized carbons (Fsp3) is 0.462. The number of methoxy groups -OCH3 is 1. The molecule has 0 aromatic rings. The van der Waals surface area contributed by atoms with Crippen molar-refractivity contribution in [2.75, 3.05) is 7.11 Å². The normalized spacial score (nSPS) is 23.3. The molecule has 0 heterocycles. The topological polar surface area (TPSA) is 46.5 Å². The van der Waals surface area contributed by atoms with Gasteiger partial charge in [-0.25, -0.2) is 0 Å². The lowest BCUT2D eigenvalue weighted by Gasteiger charge is -2.32. The number of unbranched alkanes of at least 4 members (excludes halogenated alkanes) is 2. The summed E-state index contributed by atoms with van der Waals surface area (Å²) in [5.74, 6) is 5.15. The average Bonchev–Trinajstić information content (AvgIpc) is 2.30. The molecule has 1 unspecified atom stereocenters. The number of hydrogen-bond donors (Lipinski definition) is 1. The second kappa shape index (κ2) is 5.00. The molecule has 0 amide bonds. The highest BCUT2D eigenvalue weighted by Gasteiger charge is 2.52. The van der Waals surface area contributed by atoms with Gasteiger partial charge in [0.1, 0.15) is 0 Å². The molecule has 0 saturated heterocycles. The van der Waals surface area contributed by atoms with Crippen molar-refractivity contribution in [1.82, 2.24) is 0 Å². The van der Waals surface area contributed by atoms with Gasteiger partial charge in [0, 0.05) is 6.42 Å². The van der Waals surface area contributed by atoms with Gasteiger partial charge in [0.05, 0.1) is 12.7 Å². The van der Waals surface area contributed by atoms with E-state index in [1.165, 1.54) is 13.2 Å². The van der Waals surface area contributed by atoms with E-state index < -0.39 is 11.4 Å².